The molecule has 0 aromatic heterocycles. The molecule has 1 amide bonds. The number of hydrogen-bond acceptors (Lipinski definition) is 2. The zero-order chi connectivity index (χ0) is 19.4. The minimum absolute atomic E-state index is 0.0168. The Morgan fingerprint density at radius 3 is 2.52 bits per heavy atom. The Kier molecular flexibility index (Phi) is 6.29. The Hall–Kier alpha value is -2.18. The van der Waals surface area contributed by atoms with Crippen LogP contribution in [0.5, 0.6) is 0 Å². The SMILES string of the molecule is C[C@@H]([NH2+]CC(=O)N1CCN(c2ccccc2Cl)CC1)c1ccc(F)cc1F. The number of piperazine rings is 1. The fourth-order valence-corrected chi connectivity index (χ4v) is 3.56. The molecular weight excluding hydrogens is 372 g/mol. The van der Waals surface area contributed by atoms with Crippen molar-refractivity contribution in [3.63, 3.8) is 0 Å². The molecule has 0 unspecified atom stereocenters. The summed E-state index contributed by atoms with van der Waals surface area (Å²) in [6.07, 6.45) is 0. The lowest BCUT2D eigenvalue weighted by Crippen LogP contribution is -2.87. The summed E-state index contributed by atoms with van der Waals surface area (Å²) in [6, 6.07) is 11.0. The zero-order valence-electron chi connectivity index (χ0n) is 15.2. The zero-order valence-corrected chi connectivity index (χ0v) is 15.9. The highest BCUT2D eigenvalue weighted by atomic mass is 35.5. The van der Waals surface area contributed by atoms with Gasteiger partial charge in [-0.05, 0) is 31.2 Å². The molecule has 1 aliphatic heterocycles. The van der Waals surface area contributed by atoms with Crippen LogP contribution in [0.15, 0.2) is 42.5 Å². The van der Waals surface area contributed by atoms with Gasteiger partial charge < -0.3 is 15.1 Å². The predicted molar refractivity (Wildman–Crippen MR) is 102 cm³/mol. The molecule has 1 fully saturated rings. The van der Waals surface area contributed by atoms with Gasteiger partial charge in [0.15, 0.2) is 6.54 Å². The van der Waals surface area contributed by atoms with Crippen molar-refractivity contribution in [1.29, 1.82) is 0 Å². The quantitative estimate of drug-likeness (QED) is 0.846. The third kappa shape index (κ3) is 4.76. The van der Waals surface area contributed by atoms with E-state index >= 15 is 0 Å². The van der Waals surface area contributed by atoms with Gasteiger partial charge >= 0.3 is 0 Å². The third-order valence-electron chi connectivity index (χ3n) is 4.92. The van der Waals surface area contributed by atoms with Crippen molar-refractivity contribution in [2.75, 3.05) is 37.6 Å². The molecule has 0 radical (unpaired) electrons. The van der Waals surface area contributed by atoms with Crippen LogP contribution in [0, 0.1) is 11.6 Å². The van der Waals surface area contributed by atoms with Gasteiger partial charge in [-0.1, -0.05) is 23.7 Å². The highest BCUT2D eigenvalue weighted by molar-refractivity contribution is 6.33. The summed E-state index contributed by atoms with van der Waals surface area (Å²) >= 11 is 6.24. The molecule has 0 aliphatic carbocycles. The van der Waals surface area contributed by atoms with E-state index in [2.05, 4.69) is 4.90 Å². The number of halogens is 3. The summed E-state index contributed by atoms with van der Waals surface area (Å²) in [5.41, 5.74) is 1.38. The minimum Gasteiger partial charge on any atom is -0.367 e. The topological polar surface area (TPSA) is 40.2 Å². The molecule has 0 saturated carbocycles. The first-order chi connectivity index (χ1) is 13.0. The number of nitrogens with zero attached hydrogens (tertiary/aromatic N) is 2. The first-order valence-electron chi connectivity index (χ1n) is 9.01. The van der Waals surface area contributed by atoms with E-state index in [0.29, 0.717) is 23.7 Å². The molecule has 2 aromatic rings. The minimum atomic E-state index is -0.601. The van der Waals surface area contributed by atoms with E-state index in [1.165, 1.54) is 12.1 Å². The number of rotatable bonds is 5. The molecule has 1 heterocycles. The maximum absolute atomic E-state index is 13.8. The van der Waals surface area contributed by atoms with Crippen LogP contribution < -0.4 is 10.2 Å². The van der Waals surface area contributed by atoms with Gasteiger partial charge in [-0.2, -0.15) is 0 Å². The number of anilines is 1. The smallest absolute Gasteiger partial charge is 0.277 e. The van der Waals surface area contributed by atoms with E-state index in [1.54, 1.807) is 12.2 Å². The second-order valence-corrected chi connectivity index (χ2v) is 7.12. The van der Waals surface area contributed by atoms with Crippen LogP contribution in [-0.4, -0.2) is 43.5 Å². The normalized spacial score (nSPS) is 15.7. The van der Waals surface area contributed by atoms with Crippen molar-refractivity contribution in [3.8, 4) is 0 Å². The number of para-hydroxylation sites is 1. The van der Waals surface area contributed by atoms with Gasteiger partial charge in [0.1, 0.15) is 17.7 Å². The van der Waals surface area contributed by atoms with Crippen molar-refractivity contribution in [2.45, 2.75) is 13.0 Å². The van der Waals surface area contributed by atoms with Crippen molar-refractivity contribution in [2.24, 2.45) is 0 Å². The van der Waals surface area contributed by atoms with Gasteiger partial charge in [-0.15, -0.1) is 0 Å². The number of amides is 1. The van der Waals surface area contributed by atoms with Crippen molar-refractivity contribution < 1.29 is 18.9 Å². The Morgan fingerprint density at radius 1 is 1.15 bits per heavy atom. The highest BCUT2D eigenvalue weighted by Gasteiger charge is 2.24. The number of nitrogens with two attached hydrogens (primary N) is 1. The lowest BCUT2D eigenvalue weighted by molar-refractivity contribution is -0.683. The maximum Gasteiger partial charge on any atom is 0.277 e. The molecule has 4 nitrogen and oxygen atoms in total. The third-order valence-corrected chi connectivity index (χ3v) is 5.24. The fourth-order valence-electron chi connectivity index (χ4n) is 3.31. The summed E-state index contributed by atoms with van der Waals surface area (Å²) in [7, 11) is 0. The van der Waals surface area contributed by atoms with E-state index < -0.39 is 11.6 Å². The van der Waals surface area contributed by atoms with Crippen molar-refractivity contribution in [3.05, 3.63) is 64.7 Å². The standard InChI is InChI=1S/C20H22ClF2N3O/c1-14(16-7-6-15(22)12-18(16)23)24-13-20(27)26-10-8-25(9-11-26)19-5-3-2-4-17(19)21/h2-7,12,14,24H,8-11,13H2,1H3/p+1/t14-/m1/s1. The average Bonchev–Trinajstić information content (AvgIpc) is 2.66. The summed E-state index contributed by atoms with van der Waals surface area (Å²) in [5, 5.41) is 2.49. The monoisotopic (exact) mass is 394 g/mol. The number of carbonyl (C=O) groups excluding carboxylic acids is 1. The van der Waals surface area contributed by atoms with Gasteiger partial charge in [-0.25, -0.2) is 8.78 Å². The van der Waals surface area contributed by atoms with Crippen LogP contribution >= 0.6 is 11.6 Å². The van der Waals surface area contributed by atoms with Crippen molar-refractivity contribution >= 4 is 23.2 Å². The van der Waals surface area contributed by atoms with Crippen LogP contribution in [0.1, 0.15) is 18.5 Å². The molecular formula is C20H23ClF2N3O+. The van der Waals surface area contributed by atoms with Gasteiger partial charge in [-0.3, -0.25) is 4.79 Å². The molecule has 144 valence electrons. The fraction of sp³-hybridized carbons (Fsp3) is 0.350. The number of hydrogen-bond donors (Lipinski definition) is 1. The molecule has 2 aromatic carbocycles. The van der Waals surface area contributed by atoms with Crippen LogP contribution in [-0.2, 0) is 4.79 Å². The van der Waals surface area contributed by atoms with Gasteiger partial charge in [0, 0.05) is 37.8 Å². The summed E-state index contributed by atoms with van der Waals surface area (Å²) < 4.78 is 26.9. The first kappa shape index (κ1) is 19.6. The summed E-state index contributed by atoms with van der Waals surface area (Å²) in [4.78, 5) is 16.5. The molecule has 1 saturated heterocycles. The van der Waals surface area contributed by atoms with Gasteiger partial charge in [0.05, 0.1) is 10.7 Å². The highest BCUT2D eigenvalue weighted by Crippen LogP contribution is 2.26. The van der Waals surface area contributed by atoms with Crippen LogP contribution in [0.2, 0.25) is 5.02 Å². The molecule has 1 atom stereocenters. The molecule has 7 heteroatoms. The molecule has 2 N–H and O–H groups in total. The van der Waals surface area contributed by atoms with E-state index in [4.69, 9.17) is 11.6 Å². The second-order valence-electron chi connectivity index (χ2n) is 6.71. The summed E-state index contributed by atoms with van der Waals surface area (Å²) in [5.74, 6) is -1.17. The number of quaternary nitrogens is 1. The molecule has 0 spiro atoms. The maximum atomic E-state index is 13.8. The van der Waals surface area contributed by atoms with E-state index in [-0.39, 0.29) is 18.5 Å². The molecule has 1 aliphatic rings. The lowest BCUT2D eigenvalue weighted by atomic mass is 10.1. The van der Waals surface area contributed by atoms with Crippen molar-refractivity contribution in [1.82, 2.24) is 4.90 Å². The summed E-state index contributed by atoms with van der Waals surface area (Å²) in [6.45, 7) is 4.71. The van der Waals surface area contributed by atoms with E-state index in [0.717, 1.165) is 24.8 Å². The van der Waals surface area contributed by atoms with Crippen LogP contribution in [0.3, 0.4) is 0 Å². The Morgan fingerprint density at radius 2 is 1.85 bits per heavy atom. The number of carbonyl (C=O) groups is 1. The largest absolute Gasteiger partial charge is 0.367 e. The Bertz CT molecular complexity index is 810. The number of benzene rings is 2. The molecule has 3 rings (SSSR count). The molecule has 0 bridgehead atoms. The average molecular weight is 395 g/mol. The van der Waals surface area contributed by atoms with Crippen LogP contribution in [0.25, 0.3) is 0 Å². The predicted octanol–water partition coefficient (Wildman–Crippen LogP) is 2.59. The van der Waals surface area contributed by atoms with Gasteiger partial charge in [0.25, 0.3) is 5.91 Å². The lowest BCUT2D eigenvalue weighted by Gasteiger charge is -2.36. The van der Waals surface area contributed by atoms with E-state index in [1.807, 2.05) is 29.2 Å². The van der Waals surface area contributed by atoms with Gasteiger partial charge in [0.2, 0.25) is 0 Å². The molecule has 27 heavy (non-hydrogen) atoms. The second kappa shape index (κ2) is 8.67. The Labute approximate surface area is 162 Å². The first-order valence-corrected chi connectivity index (χ1v) is 9.39. The van der Waals surface area contributed by atoms with Crippen LogP contribution in [0.4, 0.5) is 14.5 Å². The Balaban J connectivity index is 1.50. The van der Waals surface area contributed by atoms with E-state index in [9.17, 15) is 13.6 Å².